The van der Waals surface area contributed by atoms with Gasteiger partial charge in [0, 0.05) is 80.2 Å². The van der Waals surface area contributed by atoms with Gasteiger partial charge in [0.25, 0.3) is 46.9 Å². The quantitative estimate of drug-likeness (QED) is 0.0459. The fourth-order valence-electron chi connectivity index (χ4n) is 7.29. The van der Waals surface area contributed by atoms with E-state index in [9.17, 15) is 52.7 Å². The third kappa shape index (κ3) is 14.9. The second-order valence-electron chi connectivity index (χ2n) is 16.3. The fourth-order valence-corrected chi connectivity index (χ4v) is 7.29. The number of nitrogens with zero attached hydrogens (tertiary/aromatic N) is 6. The van der Waals surface area contributed by atoms with E-state index >= 15 is 0 Å². The highest BCUT2D eigenvalue weighted by atomic mass is 16.5. The third-order valence-electron chi connectivity index (χ3n) is 11.1. The van der Waals surface area contributed by atoms with Crippen molar-refractivity contribution in [3.8, 4) is 0 Å². The molecule has 2 aromatic heterocycles. The number of ether oxygens (including phenoxy) is 2. The van der Waals surface area contributed by atoms with E-state index in [1.54, 1.807) is 12.1 Å². The zero-order chi connectivity index (χ0) is 50.0. The molecule has 4 N–H and O–H groups in total. The zero-order valence-electron chi connectivity index (χ0n) is 38.1. The van der Waals surface area contributed by atoms with Crippen LogP contribution in [0.25, 0.3) is 11.2 Å². The van der Waals surface area contributed by atoms with Crippen molar-refractivity contribution < 1.29 is 57.4 Å². The van der Waals surface area contributed by atoms with Crippen LogP contribution in [0.1, 0.15) is 93.1 Å². The summed E-state index contributed by atoms with van der Waals surface area (Å²) in [6, 6.07) is 5.03. The lowest BCUT2D eigenvalue weighted by atomic mass is 10.1. The molecule has 0 radical (unpaired) electrons. The molecule has 1 unspecified atom stereocenters. The summed E-state index contributed by atoms with van der Waals surface area (Å²) in [6.07, 6.45) is 13.1. The van der Waals surface area contributed by atoms with E-state index in [0.29, 0.717) is 69.2 Å². The number of unbranched alkanes of at least 4 members (excludes halogenated alkanes) is 6. The normalized spacial score (nSPS) is 14.6. The molecular formula is C47H52N10O13. The molecule has 3 aromatic rings. The number of fused-ring (bicyclic) bond motifs is 1. The first-order valence-electron chi connectivity index (χ1n) is 22.9. The van der Waals surface area contributed by atoms with Crippen LogP contribution in [0, 0.1) is 0 Å². The number of aromatic nitrogens is 4. The molecule has 1 atom stereocenters. The van der Waals surface area contributed by atoms with Crippen molar-refractivity contribution in [3.05, 3.63) is 88.5 Å². The van der Waals surface area contributed by atoms with Crippen molar-refractivity contribution in [2.45, 2.75) is 89.6 Å². The summed E-state index contributed by atoms with van der Waals surface area (Å²) >= 11 is 0. The van der Waals surface area contributed by atoms with E-state index in [2.05, 4.69) is 35.9 Å². The molecule has 23 heteroatoms. The Morgan fingerprint density at radius 2 is 1.14 bits per heavy atom. The van der Waals surface area contributed by atoms with Gasteiger partial charge < -0.3 is 20.1 Å². The highest BCUT2D eigenvalue weighted by molar-refractivity contribution is 6.14. The Labute approximate surface area is 400 Å². The molecule has 0 aliphatic carbocycles. The van der Waals surface area contributed by atoms with Gasteiger partial charge in [-0.05, 0) is 82.1 Å². The Kier molecular flexibility index (Phi) is 18.4. The summed E-state index contributed by atoms with van der Waals surface area (Å²) in [5.74, 6) is -4.68. The van der Waals surface area contributed by atoms with Crippen molar-refractivity contribution >= 4 is 82.0 Å². The number of hydrogen-bond acceptors (Lipinski definition) is 17. The highest BCUT2D eigenvalue weighted by Crippen LogP contribution is 2.15. The van der Waals surface area contributed by atoms with Crippen LogP contribution in [0.2, 0.25) is 0 Å². The lowest BCUT2D eigenvalue weighted by Gasteiger charge is -2.18. The maximum Gasteiger partial charge on any atom is 0.328 e. The summed E-state index contributed by atoms with van der Waals surface area (Å²) in [7, 11) is 0. The fraction of sp³-hybridized carbons (Fsp3) is 0.404. The van der Waals surface area contributed by atoms with Crippen LogP contribution in [-0.2, 0) is 59.2 Å². The van der Waals surface area contributed by atoms with E-state index in [1.807, 2.05) is 0 Å². The van der Waals surface area contributed by atoms with E-state index < -0.39 is 35.4 Å². The lowest BCUT2D eigenvalue weighted by molar-refractivity contribution is -0.148. The highest BCUT2D eigenvalue weighted by Gasteiger charge is 2.27. The number of rotatable bonds is 28. The number of nitrogens with one attached hydrogen (secondary N) is 4. The SMILES string of the molecule is O=C(CCCCCN1C(=O)C=CC1=O)Nc1nc2ncc(CNc3ccc(C(=O)NC(CCC(=O)OCCCCCN4C(=O)C=CC4=O)C(=O)OCCCCCN4C(=O)C=CC4=O)cc3)nc2c(=O)[nH]1. The summed E-state index contributed by atoms with van der Waals surface area (Å²) in [4.78, 5) is 154. The average Bonchev–Trinajstić information content (AvgIpc) is 3.97. The van der Waals surface area contributed by atoms with Crippen LogP contribution in [0.3, 0.4) is 0 Å². The van der Waals surface area contributed by atoms with Gasteiger partial charge in [-0.15, -0.1) is 0 Å². The molecular weight excluding hydrogens is 913 g/mol. The van der Waals surface area contributed by atoms with Gasteiger partial charge in [0.1, 0.15) is 6.04 Å². The maximum absolute atomic E-state index is 13.4. The van der Waals surface area contributed by atoms with Gasteiger partial charge in [-0.3, -0.25) is 72.9 Å². The largest absolute Gasteiger partial charge is 0.466 e. The van der Waals surface area contributed by atoms with Crippen LogP contribution in [0.15, 0.2) is 71.7 Å². The Balaban J connectivity index is 0.946. The van der Waals surface area contributed by atoms with E-state index in [4.69, 9.17) is 9.47 Å². The van der Waals surface area contributed by atoms with E-state index in [1.165, 1.54) is 54.8 Å². The average molecular weight is 965 g/mol. The second-order valence-corrected chi connectivity index (χ2v) is 16.3. The number of imide groups is 3. The van der Waals surface area contributed by atoms with Gasteiger partial charge in [-0.25, -0.2) is 14.8 Å². The molecule has 3 aliphatic rings. The lowest BCUT2D eigenvalue weighted by Crippen LogP contribution is -2.42. The molecule has 0 fully saturated rings. The van der Waals surface area contributed by atoms with Crippen molar-refractivity contribution in [2.24, 2.45) is 0 Å². The summed E-state index contributed by atoms with van der Waals surface area (Å²) in [6.45, 7) is 0.938. The molecule has 23 nitrogen and oxygen atoms in total. The number of anilines is 2. The number of benzene rings is 1. The number of esters is 2. The van der Waals surface area contributed by atoms with Crippen molar-refractivity contribution in [1.29, 1.82) is 0 Å². The molecule has 368 valence electrons. The molecule has 0 spiro atoms. The van der Waals surface area contributed by atoms with E-state index in [-0.39, 0.29) is 117 Å². The molecule has 6 rings (SSSR count). The van der Waals surface area contributed by atoms with Gasteiger partial charge in [0.2, 0.25) is 11.9 Å². The number of H-pyrrole nitrogens is 1. The summed E-state index contributed by atoms with van der Waals surface area (Å²) in [5, 5.41) is 8.32. The first kappa shape index (κ1) is 51.2. The molecule has 70 heavy (non-hydrogen) atoms. The Bertz CT molecular complexity index is 2610. The Morgan fingerprint density at radius 3 is 1.70 bits per heavy atom. The topological polar surface area (TPSA) is 306 Å². The minimum absolute atomic E-state index is 0.00646. The van der Waals surface area contributed by atoms with Crippen LogP contribution in [0.4, 0.5) is 11.6 Å². The maximum atomic E-state index is 13.4. The first-order chi connectivity index (χ1) is 33.7. The number of carbonyl (C=O) groups excluding carboxylic acids is 10. The number of aromatic amines is 1. The summed E-state index contributed by atoms with van der Waals surface area (Å²) < 4.78 is 10.8. The van der Waals surface area contributed by atoms with Gasteiger partial charge in [0.05, 0.1) is 31.6 Å². The van der Waals surface area contributed by atoms with Crippen LogP contribution in [0.5, 0.6) is 0 Å². The predicted octanol–water partition coefficient (Wildman–Crippen LogP) is 1.90. The number of hydrogen-bond donors (Lipinski definition) is 4. The number of amides is 8. The first-order valence-corrected chi connectivity index (χ1v) is 22.9. The Morgan fingerprint density at radius 1 is 0.614 bits per heavy atom. The van der Waals surface area contributed by atoms with Crippen molar-refractivity contribution in [3.63, 3.8) is 0 Å². The smallest absolute Gasteiger partial charge is 0.328 e. The van der Waals surface area contributed by atoms with Crippen molar-refractivity contribution in [2.75, 3.05) is 43.5 Å². The van der Waals surface area contributed by atoms with Crippen molar-refractivity contribution in [1.82, 2.24) is 40.0 Å². The third-order valence-corrected chi connectivity index (χ3v) is 11.1. The van der Waals surface area contributed by atoms with Gasteiger partial charge >= 0.3 is 11.9 Å². The second kappa shape index (κ2) is 25.2. The minimum Gasteiger partial charge on any atom is -0.466 e. The zero-order valence-corrected chi connectivity index (χ0v) is 38.1. The monoisotopic (exact) mass is 964 g/mol. The van der Waals surface area contributed by atoms with Gasteiger partial charge in [-0.2, -0.15) is 4.98 Å². The molecule has 3 aliphatic heterocycles. The van der Waals surface area contributed by atoms with Crippen LogP contribution in [-0.4, -0.2) is 133 Å². The minimum atomic E-state index is -1.22. The molecule has 0 saturated carbocycles. The molecule has 0 saturated heterocycles. The Hall–Kier alpha value is -8.24. The molecule has 8 amide bonds. The van der Waals surface area contributed by atoms with E-state index in [0.717, 1.165) is 14.7 Å². The van der Waals surface area contributed by atoms with Gasteiger partial charge in [0.15, 0.2) is 11.2 Å². The van der Waals surface area contributed by atoms with Crippen LogP contribution < -0.4 is 21.5 Å². The number of carbonyl (C=O) groups is 10. The predicted molar refractivity (Wildman–Crippen MR) is 247 cm³/mol. The van der Waals surface area contributed by atoms with Gasteiger partial charge in [-0.1, -0.05) is 6.42 Å². The van der Waals surface area contributed by atoms with Crippen LogP contribution >= 0.6 is 0 Å². The molecule has 0 bridgehead atoms. The standard InChI is InChI=1S/C47H52N10O13/c58-34(10-4-1-5-23-55-35(59)16-17-36(55)60)52-47-53-43-42(45(67)54-47)50-32(29-49-43)28-48-31-13-11-30(12-14-31)44(66)51-33(46(68)70-27-9-3-7-25-57-39(63)20-21-40(57)64)15-22-41(65)69-26-8-2-6-24-56-37(61)18-19-38(56)62/h11-14,16-21,29,33,48H,1-10,15,22-28H2,(H,51,66)(H2,49,52,53,54,58,67). The summed E-state index contributed by atoms with van der Waals surface area (Å²) in [5.41, 5.74) is 0.466. The molecule has 5 heterocycles. The molecule has 1 aromatic carbocycles.